The average Bonchev–Trinajstić information content (AvgIpc) is 3.13. The van der Waals surface area contributed by atoms with E-state index in [4.69, 9.17) is 4.98 Å². The van der Waals surface area contributed by atoms with E-state index < -0.39 is 11.5 Å². The highest BCUT2D eigenvalue weighted by atomic mass is 32.1. The van der Waals surface area contributed by atoms with Crippen LogP contribution in [-0.2, 0) is 16.0 Å². The Bertz CT molecular complexity index is 906. The van der Waals surface area contributed by atoms with Crippen LogP contribution in [-0.4, -0.2) is 57.7 Å². The Morgan fingerprint density at radius 2 is 1.88 bits per heavy atom. The second-order valence-corrected chi connectivity index (χ2v) is 13.0. The van der Waals surface area contributed by atoms with Gasteiger partial charge in [0.2, 0.25) is 11.8 Å². The summed E-state index contributed by atoms with van der Waals surface area (Å²) >= 11 is 1.48. The smallest absolute Gasteiger partial charge is 0.226 e. The van der Waals surface area contributed by atoms with Gasteiger partial charge in [-0.25, -0.2) is 4.98 Å². The first kappa shape index (κ1) is 27.1. The fraction of sp³-hybridized carbons (Fsp3) is 0.808. The summed E-state index contributed by atoms with van der Waals surface area (Å²) < 4.78 is 0. The number of carbonyl (C=O) groups is 2. The van der Waals surface area contributed by atoms with E-state index >= 15 is 0 Å². The molecule has 0 spiro atoms. The third-order valence-electron chi connectivity index (χ3n) is 8.33. The molecule has 1 fully saturated rings. The molecule has 3 N–H and O–H groups in total. The van der Waals surface area contributed by atoms with Crippen molar-refractivity contribution in [3.05, 3.63) is 10.6 Å². The standard InChI is InChI=1S/C26H43N3O4S/c1-8-29(9-2)21(33)12-16-22-17(34-23(28-22)27-20(32)14-24(3,4)5)13-18-25(16,6)11-10-19(31)26(18,7)15-30/h16,18-19,30-31H,8-15H2,1-7H3,(H,27,28,32)/t16-,18+,19+,25-,26-/m0/s1. The van der Waals surface area contributed by atoms with Gasteiger partial charge in [-0.2, -0.15) is 0 Å². The number of nitrogens with one attached hydrogen (secondary N) is 1. The average molecular weight is 494 g/mol. The van der Waals surface area contributed by atoms with E-state index in [-0.39, 0.29) is 41.1 Å². The molecule has 0 unspecified atom stereocenters. The van der Waals surface area contributed by atoms with Gasteiger partial charge in [-0.05, 0) is 49.9 Å². The molecule has 8 heteroatoms. The molecule has 2 amide bonds. The summed E-state index contributed by atoms with van der Waals surface area (Å²) in [5.74, 6) is -0.0776. The van der Waals surface area contributed by atoms with Gasteiger partial charge in [-0.15, -0.1) is 11.3 Å². The maximum atomic E-state index is 13.3. The third-order valence-corrected chi connectivity index (χ3v) is 9.33. The molecular formula is C26H43N3O4S. The summed E-state index contributed by atoms with van der Waals surface area (Å²) in [6, 6.07) is 0. The summed E-state index contributed by atoms with van der Waals surface area (Å²) in [4.78, 5) is 33.7. The molecule has 0 saturated heterocycles. The monoisotopic (exact) mass is 493 g/mol. The van der Waals surface area contributed by atoms with E-state index in [1.807, 2.05) is 46.4 Å². The van der Waals surface area contributed by atoms with Crippen molar-refractivity contribution >= 4 is 28.3 Å². The lowest BCUT2D eigenvalue weighted by Gasteiger charge is -2.58. The number of hydrogen-bond donors (Lipinski definition) is 3. The molecule has 0 radical (unpaired) electrons. The highest BCUT2D eigenvalue weighted by Crippen LogP contribution is 2.62. The van der Waals surface area contributed by atoms with Gasteiger partial charge >= 0.3 is 0 Å². The number of aliphatic hydroxyl groups is 2. The largest absolute Gasteiger partial charge is 0.396 e. The second-order valence-electron chi connectivity index (χ2n) is 11.9. The van der Waals surface area contributed by atoms with Crippen LogP contribution in [0, 0.1) is 22.2 Å². The number of nitrogens with zero attached hydrogens (tertiary/aromatic N) is 2. The number of aromatic nitrogens is 1. The molecule has 5 atom stereocenters. The number of rotatable bonds is 7. The predicted octanol–water partition coefficient (Wildman–Crippen LogP) is 4.19. The number of aliphatic hydroxyl groups excluding tert-OH is 2. The number of amides is 2. The van der Waals surface area contributed by atoms with Crippen LogP contribution >= 0.6 is 11.3 Å². The van der Waals surface area contributed by atoms with Crippen LogP contribution in [0.4, 0.5) is 5.13 Å². The van der Waals surface area contributed by atoms with E-state index in [0.29, 0.717) is 43.9 Å². The Hall–Kier alpha value is -1.51. The minimum atomic E-state index is -0.652. The van der Waals surface area contributed by atoms with Gasteiger partial charge in [-0.3, -0.25) is 9.59 Å². The quantitative estimate of drug-likeness (QED) is 0.528. The predicted molar refractivity (Wildman–Crippen MR) is 136 cm³/mol. The molecule has 1 aromatic heterocycles. The Labute approximate surface area is 208 Å². The lowest BCUT2D eigenvalue weighted by atomic mass is 9.47. The maximum Gasteiger partial charge on any atom is 0.226 e. The Morgan fingerprint density at radius 3 is 2.44 bits per heavy atom. The van der Waals surface area contributed by atoms with Crippen LogP contribution in [0.15, 0.2) is 0 Å². The van der Waals surface area contributed by atoms with Crippen molar-refractivity contribution in [1.82, 2.24) is 9.88 Å². The molecule has 192 valence electrons. The normalized spacial score (nSPS) is 30.9. The van der Waals surface area contributed by atoms with Gasteiger partial charge in [0.05, 0.1) is 18.4 Å². The lowest BCUT2D eigenvalue weighted by Crippen LogP contribution is -2.57. The van der Waals surface area contributed by atoms with E-state index in [2.05, 4.69) is 12.2 Å². The summed E-state index contributed by atoms with van der Waals surface area (Å²) in [5.41, 5.74) is -0.151. The third kappa shape index (κ3) is 5.05. The summed E-state index contributed by atoms with van der Waals surface area (Å²) in [7, 11) is 0. The summed E-state index contributed by atoms with van der Waals surface area (Å²) in [6.45, 7) is 15.5. The van der Waals surface area contributed by atoms with Crippen molar-refractivity contribution in [2.24, 2.45) is 22.2 Å². The number of carbonyl (C=O) groups excluding carboxylic acids is 2. The molecule has 1 saturated carbocycles. The van der Waals surface area contributed by atoms with Gasteiger partial charge in [0.15, 0.2) is 5.13 Å². The highest BCUT2D eigenvalue weighted by Gasteiger charge is 2.59. The summed E-state index contributed by atoms with van der Waals surface area (Å²) in [6.07, 6.45) is 2.20. The Morgan fingerprint density at radius 1 is 1.24 bits per heavy atom. The minimum absolute atomic E-state index is 0.00864. The lowest BCUT2D eigenvalue weighted by molar-refractivity contribution is -0.147. The molecule has 7 nitrogen and oxygen atoms in total. The number of fused-ring (bicyclic) bond motifs is 2. The molecule has 0 bridgehead atoms. The van der Waals surface area contributed by atoms with E-state index in [1.54, 1.807) is 0 Å². The van der Waals surface area contributed by atoms with Crippen LogP contribution in [0.25, 0.3) is 0 Å². The van der Waals surface area contributed by atoms with Crippen molar-refractivity contribution in [3.63, 3.8) is 0 Å². The van der Waals surface area contributed by atoms with Crippen LogP contribution < -0.4 is 5.32 Å². The Kier molecular flexibility index (Phi) is 7.85. The first-order chi connectivity index (χ1) is 15.8. The van der Waals surface area contributed by atoms with Crippen molar-refractivity contribution in [1.29, 1.82) is 0 Å². The van der Waals surface area contributed by atoms with E-state index in [0.717, 1.165) is 17.0 Å². The number of thiazole rings is 1. The van der Waals surface area contributed by atoms with Crippen molar-refractivity contribution in [2.45, 2.75) is 92.6 Å². The molecule has 1 aromatic rings. The zero-order chi connectivity index (χ0) is 25.5. The molecule has 3 rings (SSSR count). The maximum absolute atomic E-state index is 13.3. The van der Waals surface area contributed by atoms with Crippen molar-refractivity contribution < 1.29 is 19.8 Å². The molecule has 2 aliphatic carbocycles. The van der Waals surface area contributed by atoms with Crippen LogP contribution in [0.1, 0.15) is 90.6 Å². The molecule has 2 aliphatic rings. The fourth-order valence-corrected chi connectivity index (χ4v) is 7.31. The van der Waals surface area contributed by atoms with Gasteiger partial charge in [0.1, 0.15) is 0 Å². The number of anilines is 1. The minimum Gasteiger partial charge on any atom is -0.396 e. The number of hydrogen-bond acceptors (Lipinski definition) is 6. The topological polar surface area (TPSA) is 103 Å². The SMILES string of the molecule is CCN(CC)C(=O)C[C@H]1c2nc(NC(=O)CC(C)(C)C)sc2C[C@H]2[C@](C)(CO)[C@H](O)CC[C@]21C. The van der Waals surface area contributed by atoms with Gasteiger partial charge in [0, 0.05) is 42.1 Å². The van der Waals surface area contributed by atoms with Crippen LogP contribution in [0.5, 0.6) is 0 Å². The zero-order valence-corrected chi connectivity index (χ0v) is 22.7. The zero-order valence-electron chi connectivity index (χ0n) is 21.9. The summed E-state index contributed by atoms with van der Waals surface area (Å²) in [5, 5.41) is 24.8. The first-order valence-electron chi connectivity index (χ1n) is 12.6. The molecule has 0 aromatic carbocycles. The van der Waals surface area contributed by atoms with Gasteiger partial charge in [-0.1, -0.05) is 34.6 Å². The highest BCUT2D eigenvalue weighted by molar-refractivity contribution is 7.15. The van der Waals surface area contributed by atoms with Crippen molar-refractivity contribution in [3.8, 4) is 0 Å². The van der Waals surface area contributed by atoms with Crippen LogP contribution in [0.2, 0.25) is 0 Å². The van der Waals surface area contributed by atoms with Crippen molar-refractivity contribution in [2.75, 3.05) is 25.0 Å². The fourth-order valence-electron chi connectivity index (χ4n) is 6.22. The first-order valence-corrected chi connectivity index (χ1v) is 13.5. The second kappa shape index (κ2) is 9.86. The van der Waals surface area contributed by atoms with E-state index in [1.165, 1.54) is 11.3 Å². The molecule has 1 heterocycles. The van der Waals surface area contributed by atoms with Gasteiger partial charge < -0.3 is 20.4 Å². The molecular weight excluding hydrogens is 450 g/mol. The Balaban J connectivity index is 2.02. The van der Waals surface area contributed by atoms with Gasteiger partial charge in [0.25, 0.3) is 0 Å². The van der Waals surface area contributed by atoms with E-state index in [9.17, 15) is 19.8 Å². The molecule has 0 aliphatic heterocycles. The molecule has 34 heavy (non-hydrogen) atoms. The van der Waals surface area contributed by atoms with Crippen LogP contribution in [0.3, 0.4) is 0 Å².